The second-order valence-electron chi connectivity index (χ2n) is 4.93. The number of rotatable bonds is 3. The summed E-state index contributed by atoms with van der Waals surface area (Å²) in [6.45, 7) is 5.00. The van der Waals surface area contributed by atoms with E-state index < -0.39 is 5.97 Å². The van der Waals surface area contributed by atoms with Crippen LogP contribution in [-0.4, -0.2) is 41.7 Å². The Hall–Kier alpha value is -1.69. The quantitative estimate of drug-likeness (QED) is 0.797. The van der Waals surface area contributed by atoms with Crippen LogP contribution in [0, 0.1) is 6.92 Å². The molecule has 2 N–H and O–H groups in total. The van der Waals surface area contributed by atoms with E-state index in [-0.39, 0.29) is 5.82 Å². The molecule has 0 spiro atoms. The summed E-state index contributed by atoms with van der Waals surface area (Å²) < 4.78 is 4.65. The average molecular weight is 264 g/mol. The zero-order valence-electron chi connectivity index (χ0n) is 11.6. The van der Waals surface area contributed by atoms with Crippen molar-refractivity contribution < 1.29 is 9.53 Å². The molecule has 1 saturated heterocycles. The number of carbonyl (C=O) groups is 1. The van der Waals surface area contributed by atoms with Gasteiger partial charge in [0.25, 0.3) is 0 Å². The molecule has 0 aromatic carbocycles. The number of ether oxygens (including phenoxy) is 1. The second-order valence-corrected chi connectivity index (χ2v) is 4.93. The molecule has 104 valence electrons. The molecular formula is C13H20N4O2. The molecule has 2 atom stereocenters. The Kier molecular flexibility index (Phi) is 4.31. The fourth-order valence-corrected chi connectivity index (χ4v) is 2.30. The number of nitrogens with one attached hydrogen (secondary N) is 2. The molecule has 0 saturated carbocycles. The zero-order chi connectivity index (χ0) is 13.8. The minimum Gasteiger partial charge on any atom is -0.463 e. The maximum atomic E-state index is 11.5. The van der Waals surface area contributed by atoms with Gasteiger partial charge < -0.3 is 15.4 Å². The monoisotopic (exact) mass is 264 g/mol. The van der Waals surface area contributed by atoms with Gasteiger partial charge in [0, 0.05) is 23.8 Å². The molecule has 0 radical (unpaired) electrons. The van der Waals surface area contributed by atoms with Crippen LogP contribution in [-0.2, 0) is 4.74 Å². The number of nitrogens with zero attached hydrogens (tertiary/aromatic N) is 2. The predicted octanol–water partition coefficient (Wildman–Crippen LogP) is 1.12. The van der Waals surface area contributed by atoms with Gasteiger partial charge in [0.15, 0.2) is 0 Å². The molecule has 1 aliphatic heterocycles. The van der Waals surface area contributed by atoms with Crippen molar-refractivity contribution in [2.75, 3.05) is 19.0 Å². The summed E-state index contributed by atoms with van der Waals surface area (Å²) in [7, 11) is 1.33. The SMILES string of the molecule is COC(=O)c1nc(C)cc(NC2CCNC(C)C2)n1. The number of anilines is 1. The summed E-state index contributed by atoms with van der Waals surface area (Å²) in [5.74, 6) is 0.282. The number of hydrogen-bond donors (Lipinski definition) is 2. The standard InChI is InChI=1S/C13H20N4O2/c1-8-6-10(4-5-14-8)16-11-7-9(2)15-12(17-11)13(18)19-3/h7-8,10,14H,4-6H2,1-3H3,(H,15,16,17). The van der Waals surface area contributed by atoms with Crippen molar-refractivity contribution >= 4 is 11.8 Å². The average Bonchev–Trinajstić information content (AvgIpc) is 2.37. The predicted molar refractivity (Wildman–Crippen MR) is 72.2 cm³/mol. The maximum absolute atomic E-state index is 11.5. The third-order valence-electron chi connectivity index (χ3n) is 3.20. The maximum Gasteiger partial charge on any atom is 0.376 e. The van der Waals surface area contributed by atoms with Gasteiger partial charge in [-0.3, -0.25) is 0 Å². The van der Waals surface area contributed by atoms with Crippen molar-refractivity contribution in [3.8, 4) is 0 Å². The van der Waals surface area contributed by atoms with Crippen LogP contribution in [0.4, 0.5) is 5.82 Å². The van der Waals surface area contributed by atoms with Crippen molar-refractivity contribution in [1.82, 2.24) is 15.3 Å². The molecule has 19 heavy (non-hydrogen) atoms. The molecule has 2 heterocycles. The lowest BCUT2D eigenvalue weighted by atomic mass is 10.0. The highest BCUT2D eigenvalue weighted by Gasteiger charge is 2.19. The number of esters is 1. The first-order valence-corrected chi connectivity index (χ1v) is 6.52. The van der Waals surface area contributed by atoms with E-state index in [0.717, 1.165) is 25.1 Å². The molecule has 1 aliphatic rings. The van der Waals surface area contributed by atoms with Crippen LogP contribution < -0.4 is 10.6 Å². The van der Waals surface area contributed by atoms with Gasteiger partial charge in [-0.15, -0.1) is 0 Å². The van der Waals surface area contributed by atoms with Crippen molar-refractivity contribution in [2.24, 2.45) is 0 Å². The molecule has 6 heteroatoms. The van der Waals surface area contributed by atoms with Gasteiger partial charge in [-0.1, -0.05) is 0 Å². The third kappa shape index (κ3) is 3.64. The van der Waals surface area contributed by atoms with E-state index in [2.05, 4.69) is 32.3 Å². The molecule has 1 aromatic rings. The Balaban J connectivity index is 2.11. The summed E-state index contributed by atoms with van der Waals surface area (Å²) in [5.41, 5.74) is 0.750. The number of piperidine rings is 1. The zero-order valence-corrected chi connectivity index (χ0v) is 11.6. The first kappa shape index (κ1) is 13.7. The Morgan fingerprint density at radius 2 is 2.32 bits per heavy atom. The van der Waals surface area contributed by atoms with Gasteiger partial charge in [0.1, 0.15) is 5.82 Å². The summed E-state index contributed by atoms with van der Waals surface area (Å²) in [6.07, 6.45) is 2.08. The number of carbonyl (C=O) groups excluding carboxylic acids is 1. The van der Waals surface area contributed by atoms with Crippen molar-refractivity contribution in [3.05, 3.63) is 17.6 Å². The summed E-state index contributed by atoms with van der Waals surface area (Å²) in [5, 5.41) is 6.77. The highest BCUT2D eigenvalue weighted by atomic mass is 16.5. The topological polar surface area (TPSA) is 76.1 Å². The molecule has 0 bridgehead atoms. The summed E-state index contributed by atoms with van der Waals surface area (Å²) in [6, 6.07) is 2.71. The highest BCUT2D eigenvalue weighted by molar-refractivity contribution is 5.85. The number of aromatic nitrogens is 2. The van der Waals surface area contributed by atoms with Crippen molar-refractivity contribution in [3.63, 3.8) is 0 Å². The van der Waals surface area contributed by atoms with Crippen molar-refractivity contribution in [1.29, 1.82) is 0 Å². The second kappa shape index (κ2) is 5.97. The highest BCUT2D eigenvalue weighted by Crippen LogP contribution is 2.15. The van der Waals surface area contributed by atoms with Gasteiger partial charge in [0.2, 0.25) is 5.82 Å². The minimum atomic E-state index is -0.509. The van der Waals surface area contributed by atoms with Crippen LogP contribution in [0.5, 0.6) is 0 Å². The van der Waals surface area contributed by atoms with E-state index in [1.54, 1.807) is 0 Å². The fraction of sp³-hybridized carbons (Fsp3) is 0.615. The van der Waals surface area contributed by atoms with Gasteiger partial charge in [-0.25, -0.2) is 14.8 Å². The van der Waals surface area contributed by atoms with E-state index in [0.29, 0.717) is 17.9 Å². The lowest BCUT2D eigenvalue weighted by Crippen LogP contribution is -2.41. The Morgan fingerprint density at radius 3 is 3.00 bits per heavy atom. The van der Waals surface area contributed by atoms with Crippen LogP contribution in [0.1, 0.15) is 36.1 Å². The third-order valence-corrected chi connectivity index (χ3v) is 3.20. The summed E-state index contributed by atoms with van der Waals surface area (Å²) >= 11 is 0. The first-order valence-electron chi connectivity index (χ1n) is 6.52. The van der Waals surface area contributed by atoms with Gasteiger partial charge in [-0.05, 0) is 33.2 Å². The van der Waals surface area contributed by atoms with Crippen LogP contribution in [0.15, 0.2) is 6.07 Å². The lowest BCUT2D eigenvalue weighted by Gasteiger charge is -2.29. The van der Waals surface area contributed by atoms with E-state index >= 15 is 0 Å². The molecule has 6 nitrogen and oxygen atoms in total. The molecule has 0 amide bonds. The summed E-state index contributed by atoms with van der Waals surface area (Å²) in [4.78, 5) is 19.8. The normalized spacial score (nSPS) is 22.9. The Labute approximate surface area is 113 Å². The van der Waals surface area contributed by atoms with Crippen LogP contribution >= 0.6 is 0 Å². The molecule has 2 unspecified atom stereocenters. The number of hydrogen-bond acceptors (Lipinski definition) is 6. The smallest absolute Gasteiger partial charge is 0.376 e. The number of methoxy groups -OCH3 is 1. The van der Waals surface area contributed by atoms with E-state index in [9.17, 15) is 4.79 Å². The molecular weight excluding hydrogens is 244 g/mol. The molecule has 1 fully saturated rings. The van der Waals surface area contributed by atoms with Gasteiger partial charge >= 0.3 is 5.97 Å². The van der Waals surface area contributed by atoms with E-state index in [1.165, 1.54) is 7.11 Å². The molecule has 2 rings (SSSR count). The Bertz CT molecular complexity index is 464. The lowest BCUT2D eigenvalue weighted by molar-refractivity contribution is 0.0586. The van der Waals surface area contributed by atoms with Gasteiger partial charge in [-0.2, -0.15) is 0 Å². The fourth-order valence-electron chi connectivity index (χ4n) is 2.30. The van der Waals surface area contributed by atoms with Gasteiger partial charge in [0.05, 0.1) is 7.11 Å². The largest absolute Gasteiger partial charge is 0.463 e. The first-order chi connectivity index (χ1) is 9.08. The van der Waals surface area contributed by atoms with Crippen LogP contribution in [0.25, 0.3) is 0 Å². The van der Waals surface area contributed by atoms with Crippen LogP contribution in [0.3, 0.4) is 0 Å². The Morgan fingerprint density at radius 1 is 1.53 bits per heavy atom. The minimum absolute atomic E-state index is 0.104. The molecule has 0 aliphatic carbocycles. The molecule has 1 aromatic heterocycles. The number of aryl methyl sites for hydroxylation is 1. The van der Waals surface area contributed by atoms with Crippen LogP contribution in [0.2, 0.25) is 0 Å². The van der Waals surface area contributed by atoms with E-state index in [1.807, 2.05) is 13.0 Å². The van der Waals surface area contributed by atoms with E-state index in [4.69, 9.17) is 0 Å². The van der Waals surface area contributed by atoms with Crippen molar-refractivity contribution in [2.45, 2.75) is 38.8 Å².